The number of halogens is 2. The number of amides is 1. The number of nitrogens with one attached hydrogen (secondary N) is 1. The number of hydrogen-bond acceptors (Lipinski definition) is 5. The summed E-state index contributed by atoms with van der Waals surface area (Å²) in [4.78, 5) is 22.8. The van der Waals surface area contributed by atoms with Crippen molar-refractivity contribution in [3.05, 3.63) is 35.9 Å². The van der Waals surface area contributed by atoms with E-state index in [-0.39, 0.29) is 18.0 Å². The average molecular weight is 343 g/mol. The summed E-state index contributed by atoms with van der Waals surface area (Å²) in [6.45, 7) is -1.38. The van der Waals surface area contributed by atoms with E-state index >= 15 is 0 Å². The highest BCUT2D eigenvalue weighted by atomic mass is 19.3. The first-order valence-electron chi connectivity index (χ1n) is 7.18. The van der Waals surface area contributed by atoms with E-state index in [9.17, 15) is 18.4 Å². The van der Waals surface area contributed by atoms with Gasteiger partial charge in [-0.2, -0.15) is 8.78 Å². The highest BCUT2D eigenvalue weighted by Gasteiger charge is 2.11. The molecule has 1 amide bonds. The van der Waals surface area contributed by atoms with Crippen molar-refractivity contribution < 1.29 is 32.6 Å². The molecule has 6 nitrogen and oxygen atoms in total. The summed E-state index contributed by atoms with van der Waals surface area (Å²) in [5, 5.41) is 2.54. The third-order valence-corrected chi connectivity index (χ3v) is 2.77. The normalized spacial score (nSPS) is 10.7. The van der Waals surface area contributed by atoms with Gasteiger partial charge in [-0.3, -0.25) is 4.79 Å². The van der Waals surface area contributed by atoms with E-state index < -0.39 is 25.1 Å². The summed E-state index contributed by atoms with van der Waals surface area (Å²) in [5.74, 6) is -1.06. The van der Waals surface area contributed by atoms with Gasteiger partial charge in [0.1, 0.15) is 0 Å². The van der Waals surface area contributed by atoms with Crippen molar-refractivity contribution in [2.45, 2.75) is 26.5 Å². The van der Waals surface area contributed by atoms with Crippen LogP contribution in [-0.2, 0) is 20.9 Å². The Bertz CT molecular complexity index is 590. The maximum Gasteiger partial charge on any atom is 0.387 e. The molecule has 0 unspecified atom stereocenters. The summed E-state index contributed by atoms with van der Waals surface area (Å²) in [7, 11) is 1.32. The molecule has 0 aliphatic carbocycles. The number of alkyl halides is 2. The minimum Gasteiger partial charge on any atom is -0.493 e. The number of allylic oxidation sites excluding steroid dienone is 1. The molecule has 1 aromatic rings. The maximum absolute atomic E-state index is 12.2. The quantitative estimate of drug-likeness (QED) is 0.551. The van der Waals surface area contributed by atoms with Gasteiger partial charge in [0.15, 0.2) is 18.1 Å². The number of ether oxygens (including phenoxy) is 3. The molecule has 0 saturated carbocycles. The van der Waals surface area contributed by atoms with Crippen LogP contribution in [0.25, 0.3) is 0 Å². The van der Waals surface area contributed by atoms with Crippen LogP contribution in [0.3, 0.4) is 0 Å². The van der Waals surface area contributed by atoms with E-state index in [1.807, 2.05) is 6.92 Å². The first-order chi connectivity index (χ1) is 11.5. The Morgan fingerprint density at radius 3 is 2.67 bits per heavy atom. The second-order valence-corrected chi connectivity index (χ2v) is 4.56. The van der Waals surface area contributed by atoms with E-state index in [2.05, 4.69) is 10.1 Å². The zero-order valence-electron chi connectivity index (χ0n) is 13.4. The van der Waals surface area contributed by atoms with Crippen LogP contribution < -0.4 is 14.8 Å². The molecule has 0 saturated heterocycles. The average Bonchev–Trinajstić information content (AvgIpc) is 2.56. The fourth-order valence-corrected chi connectivity index (χ4v) is 1.67. The van der Waals surface area contributed by atoms with Crippen LogP contribution in [0.15, 0.2) is 30.4 Å². The predicted molar refractivity (Wildman–Crippen MR) is 81.9 cm³/mol. The molecule has 24 heavy (non-hydrogen) atoms. The third-order valence-electron chi connectivity index (χ3n) is 2.77. The third kappa shape index (κ3) is 7.08. The topological polar surface area (TPSA) is 73.9 Å². The van der Waals surface area contributed by atoms with Gasteiger partial charge < -0.3 is 19.5 Å². The molecule has 0 heterocycles. The molecule has 0 spiro atoms. The molecule has 0 aliphatic heterocycles. The monoisotopic (exact) mass is 343 g/mol. The van der Waals surface area contributed by atoms with Crippen LogP contribution in [0.5, 0.6) is 11.5 Å². The Morgan fingerprint density at radius 1 is 1.29 bits per heavy atom. The highest BCUT2D eigenvalue weighted by Crippen LogP contribution is 2.29. The highest BCUT2D eigenvalue weighted by molar-refractivity contribution is 5.85. The number of esters is 1. The first kappa shape index (κ1) is 19.4. The van der Waals surface area contributed by atoms with Crippen LogP contribution in [0, 0.1) is 0 Å². The second kappa shape index (κ2) is 10.2. The number of rotatable bonds is 9. The van der Waals surface area contributed by atoms with E-state index in [1.54, 1.807) is 6.08 Å². The minimum absolute atomic E-state index is 0.0979. The van der Waals surface area contributed by atoms with Crippen molar-refractivity contribution in [1.82, 2.24) is 5.32 Å². The van der Waals surface area contributed by atoms with Gasteiger partial charge in [0.25, 0.3) is 5.91 Å². The van der Waals surface area contributed by atoms with Crippen molar-refractivity contribution in [3.8, 4) is 11.5 Å². The zero-order chi connectivity index (χ0) is 17.9. The van der Waals surface area contributed by atoms with Gasteiger partial charge in [-0.15, -0.1) is 0 Å². The van der Waals surface area contributed by atoms with Gasteiger partial charge in [-0.25, -0.2) is 4.79 Å². The molecule has 1 aromatic carbocycles. The molecule has 132 valence electrons. The van der Waals surface area contributed by atoms with Gasteiger partial charge in [-0.05, 0) is 24.1 Å². The summed E-state index contributed by atoms with van der Waals surface area (Å²) in [6, 6.07) is 4.30. The van der Waals surface area contributed by atoms with Crippen LogP contribution in [0.4, 0.5) is 8.78 Å². The number of carbonyl (C=O) groups is 2. The summed E-state index contributed by atoms with van der Waals surface area (Å²) in [5.41, 5.74) is 0.610. The van der Waals surface area contributed by atoms with Gasteiger partial charge in [-0.1, -0.05) is 19.1 Å². The molecule has 0 atom stereocenters. The van der Waals surface area contributed by atoms with Gasteiger partial charge in [0.05, 0.1) is 7.11 Å². The number of hydrogen-bond donors (Lipinski definition) is 1. The second-order valence-electron chi connectivity index (χ2n) is 4.56. The lowest BCUT2D eigenvalue weighted by atomic mass is 10.2. The Morgan fingerprint density at radius 2 is 2.04 bits per heavy atom. The van der Waals surface area contributed by atoms with Crippen LogP contribution in [-0.4, -0.2) is 32.2 Å². The van der Waals surface area contributed by atoms with E-state index in [4.69, 9.17) is 9.47 Å². The molecule has 0 fully saturated rings. The first-order valence-corrected chi connectivity index (χ1v) is 7.18. The van der Waals surface area contributed by atoms with Crippen molar-refractivity contribution in [3.63, 3.8) is 0 Å². The Hall–Kier alpha value is -2.64. The SMILES string of the molecule is CC/C=C/C(=O)OCC(=O)NCc1ccc(OC(F)F)c(OC)c1. The lowest BCUT2D eigenvalue weighted by Crippen LogP contribution is -2.28. The largest absolute Gasteiger partial charge is 0.493 e. The lowest BCUT2D eigenvalue weighted by Gasteiger charge is -2.12. The fourth-order valence-electron chi connectivity index (χ4n) is 1.67. The van der Waals surface area contributed by atoms with Crippen LogP contribution in [0.1, 0.15) is 18.9 Å². The molecular weight excluding hydrogens is 324 g/mol. The number of benzene rings is 1. The minimum atomic E-state index is -2.96. The van der Waals surface area contributed by atoms with E-state index in [0.717, 1.165) is 0 Å². The number of carbonyl (C=O) groups excluding carboxylic acids is 2. The van der Waals surface area contributed by atoms with Crippen molar-refractivity contribution >= 4 is 11.9 Å². The molecule has 8 heteroatoms. The molecule has 0 aromatic heterocycles. The summed E-state index contributed by atoms with van der Waals surface area (Å²) < 4.78 is 38.5. The van der Waals surface area contributed by atoms with Crippen molar-refractivity contribution in [2.75, 3.05) is 13.7 Å². The van der Waals surface area contributed by atoms with Gasteiger partial charge in [0, 0.05) is 12.6 Å². The van der Waals surface area contributed by atoms with Crippen LogP contribution in [0.2, 0.25) is 0 Å². The smallest absolute Gasteiger partial charge is 0.387 e. The summed E-state index contributed by atoms with van der Waals surface area (Å²) in [6.07, 6.45) is 3.56. The van der Waals surface area contributed by atoms with Gasteiger partial charge >= 0.3 is 12.6 Å². The number of methoxy groups -OCH3 is 1. The maximum atomic E-state index is 12.2. The summed E-state index contributed by atoms with van der Waals surface area (Å²) >= 11 is 0. The fraction of sp³-hybridized carbons (Fsp3) is 0.375. The molecule has 1 N–H and O–H groups in total. The molecule has 0 aliphatic rings. The zero-order valence-corrected chi connectivity index (χ0v) is 13.4. The standard InChI is InChI=1S/C16H19F2NO5/c1-3-4-5-15(21)23-10-14(20)19-9-11-6-7-12(24-16(17)18)13(8-11)22-2/h4-8,16H,3,9-10H2,1-2H3,(H,19,20)/b5-4+. The molecular formula is C16H19F2NO5. The Balaban J connectivity index is 2.50. The molecule has 0 bridgehead atoms. The molecule has 0 radical (unpaired) electrons. The van der Waals surface area contributed by atoms with E-state index in [1.165, 1.54) is 31.4 Å². The predicted octanol–water partition coefficient (Wildman–Crippen LogP) is 2.42. The Kier molecular flexibility index (Phi) is 8.24. The van der Waals surface area contributed by atoms with Gasteiger partial charge in [0.2, 0.25) is 0 Å². The molecule has 1 rings (SSSR count). The van der Waals surface area contributed by atoms with Crippen molar-refractivity contribution in [2.24, 2.45) is 0 Å². The van der Waals surface area contributed by atoms with Crippen molar-refractivity contribution in [1.29, 1.82) is 0 Å². The van der Waals surface area contributed by atoms with Crippen LogP contribution >= 0.6 is 0 Å². The Labute approximate surface area is 138 Å². The van der Waals surface area contributed by atoms with E-state index in [0.29, 0.717) is 12.0 Å². The lowest BCUT2D eigenvalue weighted by molar-refractivity contribution is -0.143.